The van der Waals surface area contributed by atoms with E-state index in [1.165, 1.54) is 37.7 Å². The summed E-state index contributed by atoms with van der Waals surface area (Å²) in [7, 11) is 1.58. The van der Waals surface area contributed by atoms with Crippen molar-refractivity contribution in [3.63, 3.8) is 0 Å². The zero-order valence-electron chi connectivity index (χ0n) is 18.5. The first-order chi connectivity index (χ1) is 16.0. The van der Waals surface area contributed by atoms with Crippen molar-refractivity contribution >= 4 is 44.8 Å². The second-order valence-electron chi connectivity index (χ2n) is 8.00. The van der Waals surface area contributed by atoms with Gasteiger partial charge in [-0.1, -0.05) is 31.4 Å². The van der Waals surface area contributed by atoms with Gasteiger partial charge in [0.05, 0.1) is 16.5 Å². The fourth-order valence-corrected chi connectivity index (χ4v) is 5.37. The first-order valence-electron chi connectivity index (χ1n) is 11.0. The number of rotatable bonds is 8. The Hall–Kier alpha value is -2.45. The van der Waals surface area contributed by atoms with Crippen molar-refractivity contribution in [2.24, 2.45) is 10.7 Å². The molecule has 2 N–H and O–H groups in total. The second kappa shape index (κ2) is 11.1. The predicted molar refractivity (Wildman–Crippen MR) is 136 cm³/mol. The SMILES string of the molecule is COc1cc(C=C2SC(N)=NC2=O)cc(Br)c1OCCOc1ccc(C2CCCCC2)cc1. The molecule has 2 aromatic carbocycles. The minimum absolute atomic E-state index is 0.251. The molecule has 174 valence electrons. The lowest BCUT2D eigenvalue weighted by Crippen LogP contribution is -2.10. The van der Waals surface area contributed by atoms with Crippen molar-refractivity contribution in [3.05, 3.63) is 56.9 Å². The maximum absolute atomic E-state index is 11.8. The van der Waals surface area contributed by atoms with E-state index in [0.717, 1.165) is 27.5 Å². The molecule has 1 fully saturated rings. The van der Waals surface area contributed by atoms with E-state index in [-0.39, 0.29) is 11.1 Å². The zero-order chi connectivity index (χ0) is 23.2. The van der Waals surface area contributed by atoms with Crippen molar-refractivity contribution < 1.29 is 19.0 Å². The van der Waals surface area contributed by atoms with Gasteiger partial charge in [-0.2, -0.15) is 4.99 Å². The topological polar surface area (TPSA) is 83.1 Å². The Bertz CT molecular complexity index is 1060. The second-order valence-corrected chi connectivity index (χ2v) is 9.92. The van der Waals surface area contributed by atoms with E-state index in [1.54, 1.807) is 19.3 Å². The van der Waals surface area contributed by atoms with E-state index in [2.05, 4.69) is 33.1 Å². The third-order valence-electron chi connectivity index (χ3n) is 5.74. The van der Waals surface area contributed by atoms with E-state index in [1.807, 2.05) is 18.2 Å². The number of aliphatic imine (C=N–C) groups is 1. The summed E-state index contributed by atoms with van der Waals surface area (Å²) in [6.45, 7) is 0.768. The van der Waals surface area contributed by atoms with Crippen LogP contribution in [-0.2, 0) is 4.79 Å². The molecule has 2 aliphatic rings. The summed E-state index contributed by atoms with van der Waals surface area (Å²) >= 11 is 4.69. The minimum atomic E-state index is -0.336. The van der Waals surface area contributed by atoms with Crippen LogP contribution in [0.15, 0.2) is 50.8 Å². The average molecular weight is 531 g/mol. The highest BCUT2D eigenvalue weighted by Gasteiger charge is 2.20. The van der Waals surface area contributed by atoms with Crippen LogP contribution in [0.4, 0.5) is 0 Å². The van der Waals surface area contributed by atoms with Crippen molar-refractivity contribution in [1.82, 2.24) is 0 Å². The average Bonchev–Trinajstić information content (AvgIpc) is 3.14. The van der Waals surface area contributed by atoms with Gasteiger partial charge in [0, 0.05) is 0 Å². The summed E-state index contributed by atoms with van der Waals surface area (Å²) in [6, 6.07) is 12.1. The van der Waals surface area contributed by atoms with Gasteiger partial charge in [0.15, 0.2) is 16.7 Å². The number of carbonyl (C=O) groups is 1. The molecular formula is C25H27BrN2O4S. The van der Waals surface area contributed by atoms with Gasteiger partial charge < -0.3 is 19.9 Å². The molecule has 0 bridgehead atoms. The summed E-state index contributed by atoms with van der Waals surface area (Å²) in [5, 5.41) is 0.251. The maximum Gasteiger partial charge on any atom is 0.286 e. The van der Waals surface area contributed by atoms with E-state index in [4.69, 9.17) is 19.9 Å². The molecule has 1 aliphatic heterocycles. The third kappa shape index (κ3) is 6.12. The Morgan fingerprint density at radius 1 is 1.12 bits per heavy atom. The lowest BCUT2D eigenvalue weighted by molar-refractivity contribution is -0.113. The Balaban J connectivity index is 1.32. The molecule has 8 heteroatoms. The summed E-state index contributed by atoms with van der Waals surface area (Å²) in [5.74, 6) is 2.33. The van der Waals surface area contributed by atoms with Gasteiger partial charge >= 0.3 is 0 Å². The van der Waals surface area contributed by atoms with E-state index in [9.17, 15) is 4.79 Å². The van der Waals surface area contributed by atoms with Crippen LogP contribution in [0.25, 0.3) is 6.08 Å². The zero-order valence-corrected chi connectivity index (χ0v) is 20.9. The number of ether oxygens (including phenoxy) is 3. The molecule has 1 aliphatic carbocycles. The number of amides is 1. The highest BCUT2D eigenvalue weighted by molar-refractivity contribution is 9.10. The van der Waals surface area contributed by atoms with Gasteiger partial charge in [0.2, 0.25) is 0 Å². The molecule has 1 amide bonds. The molecule has 6 nitrogen and oxygen atoms in total. The van der Waals surface area contributed by atoms with Crippen molar-refractivity contribution in [2.75, 3.05) is 20.3 Å². The Morgan fingerprint density at radius 3 is 2.52 bits per heavy atom. The van der Waals surface area contributed by atoms with Crippen LogP contribution in [-0.4, -0.2) is 31.4 Å². The fourth-order valence-electron chi connectivity index (χ4n) is 4.12. The highest BCUT2D eigenvalue weighted by atomic mass is 79.9. The largest absolute Gasteiger partial charge is 0.493 e. The molecule has 1 heterocycles. The fraction of sp³-hybridized carbons (Fsp3) is 0.360. The quantitative estimate of drug-likeness (QED) is 0.338. The number of hydrogen-bond donors (Lipinski definition) is 1. The third-order valence-corrected chi connectivity index (χ3v) is 7.14. The number of methoxy groups -OCH3 is 1. The maximum atomic E-state index is 11.8. The first-order valence-corrected chi connectivity index (χ1v) is 12.7. The van der Waals surface area contributed by atoms with Gasteiger partial charge in [-0.15, -0.1) is 0 Å². The normalized spacial score (nSPS) is 17.8. The Labute approximate surface area is 206 Å². The Kier molecular flexibility index (Phi) is 7.98. The summed E-state index contributed by atoms with van der Waals surface area (Å²) in [4.78, 5) is 16.0. The van der Waals surface area contributed by atoms with Gasteiger partial charge in [-0.25, -0.2) is 0 Å². The number of thioether (sulfide) groups is 1. The number of nitrogens with zero attached hydrogens (tertiary/aromatic N) is 1. The van der Waals surface area contributed by atoms with Crippen molar-refractivity contribution in [3.8, 4) is 17.2 Å². The number of benzene rings is 2. The lowest BCUT2D eigenvalue weighted by atomic mass is 9.84. The van der Waals surface area contributed by atoms with Crippen LogP contribution < -0.4 is 19.9 Å². The van der Waals surface area contributed by atoms with Crippen LogP contribution in [0.5, 0.6) is 17.2 Å². The molecular weight excluding hydrogens is 504 g/mol. The smallest absolute Gasteiger partial charge is 0.286 e. The van der Waals surface area contributed by atoms with E-state index < -0.39 is 0 Å². The minimum Gasteiger partial charge on any atom is -0.493 e. The van der Waals surface area contributed by atoms with E-state index >= 15 is 0 Å². The van der Waals surface area contributed by atoms with Crippen molar-refractivity contribution in [2.45, 2.75) is 38.0 Å². The lowest BCUT2D eigenvalue weighted by Gasteiger charge is -2.22. The molecule has 4 rings (SSSR count). The summed E-state index contributed by atoms with van der Waals surface area (Å²) < 4.78 is 18.0. The number of hydrogen-bond acceptors (Lipinski definition) is 6. The molecule has 0 spiro atoms. The molecule has 1 saturated carbocycles. The summed E-state index contributed by atoms with van der Waals surface area (Å²) in [6.07, 6.45) is 8.33. The highest BCUT2D eigenvalue weighted by Crippen LogP contribution is 2.38. The van der Waals surface area contributed by atoms with Gasteiger partial charge in [0.25, 0.3) is 5.91 Å². The Morgan fingerprint density at radius 2 is 1.85 bits per heavy atom. The van der Waals surface area contributed by atoms with Crippen LogP contribution in [0.1, 0.15) is 49.1 Å². The van der Waals surface area contributed by atoms with E-state index in [0.29, 0.717) is 35.5 Å². The molecule has 0 atom stereocenters. The summed E-state index contributed by atoms with van der Waals surface area (Å²) in [5.41, 5.74) is 7.81. The van der Waals surface area contributed by atoms with Crippen LogP contribution >= 0.6 is 27.7 Å². The number of carbonyl (C=O) groups excluding carboxylic acids is 1. The molecule has 0 saturated heterocycles. The van der Waals surface area contributed by atoms with Crippen molar-refractivity contribution in [1.29, 1.82) is 0 Å². The monoisotopic (exact) mass is 530 g/mol. The number of amidine groups is 1. The first kappa shape index (κ1) is 23.7. The molecule has 2 aromatic rings. The molecule has 0 radical (unpaired) electrons. The van der Waals surface area contributed by atoms with Crippen LogP contribution in [0.2, 0.25) is 0 Å². The van der Waals surface area contributed by atoms with Gasteiger partial charge in [-0.3, -0.25) is 4.79 Å². The van der Waals surface area contributed by atoms with Crippen LogP contribution in [0, 0.1) is 0 Å². The van der Waals surface area contributed by atoms with Crippen LogP contribution in [0.3, 0.4) is 0 Å². The molecule has 0 unspecified atom stereocenters. The predicted octanol–water partition coefficient (Wildman–Crippen LogP) is 5.89. The van der Waals surface area contributed by atoms with Gasteiger partial charge in [0.1, 0.15) is 19.0 Å². The number of halogens is 1. The molecule has 33 heavy (non-hydrogen) atoms. The standard InChI is InChI=1S/C25H27BrN2O4S/c1-30-21-14-16(15-22-24(29)28-25(27)33-22)13-20(26)23(21)32-12-11-31-19-9-7-18(8-10-19)17-5-3-2-4-6-17/h7-10,13-15,17H,2-6,11-12H2,1H3,(H2,27,28,29). The van der Waals surface area contributed by atoms with Gasteiger partial charge in [-0.05, 0) is 87.9 Å². The molecule has 0 aromatic heterocycles. The number of nitrogens with two attached hydrogens (primary N) is 1.